The third-order valence-corrected chi connectivity index (χ3v) is 1.50. The van der Waals surface area contributed by atoms with E-state index in [0.717, 1.165) is 0 Å². The molecule has 0 unspecified atom stereocenters. The average Bonchev–Trinajstić information content (AvgIpc) is 2.42. The monoisotopic (exact) mass is 216 g/mol. The Morgan fingerprint density at radius 3 is 2.60 bits per heavy atom. The Morgan fingerprint density at radius 1 is 1.47 bits per heavy atom. The molecule has 0 saturated carbocycles. The van der Waals surface area contributed by atoms with Crippen molar-refractivity contribution in [3.8, 4) is 5.88 Å². The number of carbonyl (C=O) groups is 1. The lowest BCUT2D eigenvalue weighted by molar-refractivity contribution is -0.121. The quantitative estimate of drug-likeness (QED) is 0.207. The first-order valence-corrected chi connectivity index (χ1v) is 4.04. The Bertz CT molecular complexity index is 394. The molecule has 0 aliphatic heterocycles. The maximum atomic E-state index is 11.1. The summed E-state index contributed by atoms with van der Waals surface area (Å²) in [5.74, 6) is -0.867. The summed E-state index contributed by atoms with van der Waals surface area (Å²) >= 11 is 0. The van der Waals surface area contributed by atoms with Gasteiger partial charge in [0.1, 0.15) is 6.29 Å². The number of nitrogens with one attached hydrogen (secondary N) is 4. The molecule has 0 fully saturated rings. The van der Waals surface area contributed by atoms with Crippen LogP contribution in [0.25, 0.3) is 0 Å². The predicted octanol–water partition coefficient (Wildman–Crippen LogP) is -3.23. The third-order valence-electron chi connectivity index (χ3n) is 1.50. The number of hydrogen-bond acceptors (Lipinski definition) is 6. The third kappa shape index (κ3) is 3.42. The fraction of sp³-hybridized carbons (Fsp3) is 0.333. The van der Waals surface area contributed by atoms with Crippen LogP contribution in [0, 0.1) is 0 Å². The smallest absolute Gasteiger partial charge is 0.325 e. The number of aromatic hydroxyl groups is 1. The molecule has 9 heteroatoms. The summed E-state index contributed by atoms with van der Waals surface area (Å²) in [4.78, 5) is 26.2. The van der Waals surface area contributed by atoms with Crippen molar-refractivity contribution < 1.29 is 9.90 Å². The van der Waals surface area contributed by atoms with Crippen molar-refractivity contribution in [1.29, 1.82) is 0 Å². The summed E-state index contributed by atoms with van der Waals surface area (Å²) in [6.45, 7) is 0. The first kappa shape index (κ1) is 11.2. The molecule has 1 heterocycles. The molecule has 0 bridgehead atoms. The van der Waals surface area contributed by atoms with E-state index in [0.29, 0.717) is 0 Å². The Balaban J connectivity index is 2.51. The fourth-order valence-electron chi connectivity index (χ4n) is 0.907. The van der Waals surface area contributed by atoms with Crippen molar-refractivity contribution in [1.82, 2.24) is 20.8 Å². The van der Waals surface area contributed by atoms with Crippen molar-refractivity contribution in [2.75, 3.05) is 0 Å². The van der Waals surface area contributed by atoms with Crippen LogP contribution in [0.15, 0.2) is 4.79 Å². The summed E-state index contributed by atoms with van der Waals surface area (Å²) in [7, 11) is 0. The minimum Gasteiger partial charge on any atom is -0.493 e. The molecule has 15 heavy (non-hydrogen) atoms. The fourth-order valence-corrected chi connectivity index (χ4v) is 0.907. The van der Waals surface area contributed by atoms with Crippen molar-refractivity contribution in [2.24, 2.45) is 11.5 Å². The van der Waals surface area contributed by atoms with Crippen molar-refractivity contribution in [2.45, 2.75) is 12.7 Å². The van der Waals surface area contributed by atoms with Crippen LogP contribution in [0.5, 0.6) is 5.88 Å². The van der Waals surface area contributed by atoms with Gasteiger partial charge in [0.25, 0.3) is 0 Å². The molecule has 0 atom stereocenters. The molecule has 0 aromatic carbocycles. The molecule has 0 aliphatic carbocycles. The number of rotatable bonds is 4. The number of imidazole rings is 1. The highest BCUT2D eigenvalue weighted by Crippen LogP contribution is 2.06. The van der Waals surface area contributed by atoms with E-state index in [9.17, 15) is 9.59 Å². The molecule has 0 saturated heterocycles. The number of H-pyrrole nitrogens is 2. The second-order valence-corrected chi connectivity index (χ2v) is 2.80. The summed E-state index contributed by atoms with van der Waals surface area (Å²) in [6, 6.07) is 0. The topological polar surface area (TPSA) is 162 Å². The van der Waals surface area contributed by atoms with Gasteiger partial charge in [-0.15, -0.1) is 0 Å². The van der Waals surface area contributed by atoms with Crippen LogP contribution in [-0.4, -0.2) is 27.3 Å². The number of carbonyl (C=O) groups excluding carboxylic acids is 1. The van der Waals surface area contributed by atoms with Crippen molar-refractivity contribution in [3.63, 3.8) is 0 Å². The van der Waals surface area contributed by atoms with Gasteiger partial charge in [-0.05, 0) is 0 Å². The zero-order valence-electron chi connectivity index (χ0n) is 7.70. The summed E-state index contributed by atoms with van der Waals surface area (Å²) in [5, 5.41) is 9.12. The molecule has 1 rings (SSSR count). The van der Waals surface area contributed by atoms with Crippen LogP contribution < -0.4 is 28.0 Å². The van der Waals surface area contributed by atoms with E-state index in [2.05, 4.69) is 20.8 Å². The van der Waals surface area contributed by atoms with Gasteiger partial charge in [-0.3, -0.25) is 15.2 Å². The van der Waals surface area contributed by atoms with Gasteiger partial charge in [0, 0.05) is 0 Å². The Labute approximate surface area is 83.8 Å². The molecule has 84 valence electrons. The van der Waals surface area contributed by atoms with Crippen LogP contribution in [0.2, 0.25) is 0 Å². The molecule has 1 aromatic rings. The van der Waals surface area contributed by atoms with Crippen LogP contribution in [0.1, 0.15) is 5.69 Å². The zero-order chi connectivity index (χ0) is 11.4. The Morgan fingerprint density at radius 2 is 2.13 bits per heavy atom. The average molecular weight is 216 g/mol. The van der Waals surface area contributed by atoms with Crippen molar-refractivity contribution in [3.05, 3.63) is 16.2 Å². The molecule has 9 N–H and O–H groups in total. The zero-order valence-corrected chi connectivity index (χ0v) is 7.70. The van der Waals surface area contributed by atoms with Crippen LogP contribution in [0.3, 0.4) is 0 Å². The Hall–Kier alpha value is -1.84. The maximum Gasteiger partial charge on any atom is 0.325 e. The minimum atomic E-state index is -0.882. The standard InChI is InChI=1S/C6H12N6O3/c7-5(8)12-11-3(13)1-2-4(14)10-6(15)9-2/h5,12,14H,1,7-8H2,(H,11,13)(H2,9,10,15). The van der Waals surface area contributed by atoms with Gasteiger partial charge >= 0.3 is 5.69 Å². The van der Waals surface area contributed by atoms with E-state index in [1.54, 1.807) is 0 Å². The number of amides is 1. The molecule has 9 nitrogen and oxygen atoms in total. The van der Waals surface area contributed by atoms with Crippen LogP contribution in [0.4, 0.5) is 0 Å². The largest absolute Gasteiger partial charge is 0.493 e. The first-order valence-electron chi connectivity index (χ1n) is 4.04. The second-order valence-electron chi connectivity index (χ2n) is 2.80. The van der Waals surface area contributed by atoms with E-state index < -0.39 is 17.9 Å². The summed E-state index contributed by atoms with van der Waals surface area (Å²) < 4.78 is 0. The van der Waals surface area contributed by atoms with Crippen LogP contribution >= 0.6 is 0 Å². The summed E-state index contributed by atoms with van der Waals surface area (Å²) in [6.07, 6.45) is -1.09. The van der Waals surface area contributed by atoms with E-state index in [4.69, 9.17) is 16.6 Å². The minimum absolute atomic E-state index is 0.0879. The van der Waals surface area contributed by atoms with Crippen molar-refractivity contribution >= 4 is 5.91 Å². The van der Waals surface area contributed by atoms with Gasteiger partial charge < -0.3 is 21.6 Å². The number of hydrogen-bond donors (Lipinski definition) is 7. The molecular formula is C6H12N6O3. The molecule has 0 aliphatic rings. The SMILES string of the molecule is NC(N)NNC(=O)Cc1[nH]c(=O)[nH]c1O. The lowest BCUT2D eigenvalue weighted by atomic mass is 10.3. The lowest BCUT2D eigenvalue weighted by Crippen LogP contribution is -2.54. The molecule has 0 radical (unpaired) electrons. The van der Waals surface area contributed by atoms with E-state index in [1.807, 2.05) is 0 Å². The van der Waals surface area contributed by atoms with Gasteiger partial charge in [-0.25, -0.2) is 10.2 Å². The number of nitrogens with two attached hydrogens (primary N) is 2. The van der Waals surface area contributed by atoms with Gasteiger partial charge in [0.05, 0.1) is 12.1 Å². The van der Waals surface area contributed by atoms with E-state index in [-0.39, 0.29) is 18.0 Å². The normalized spacial score (nSPS) is 10.6. The predicted molar refractivity (Wildman–Crippen MR) is 50.2 cm³/mol. The molecule has 0 spiro atoms. The van der Waals surface area contributed by atoms with Gasteiger partial charge in [-0.2, -0.15) is 0 Å². The highest BCUT2D eigenvalue weighted by Gasteiger charge is 2.10. The highest BCUT2D eigenvalue weighted by molar-refractivity contribution is 5.78. The summed E-state index contributed by atoms with van der Waals surface area (Å²) in [5.41, 5.74) is 14.2. The number of aromatic amines is 2. The maximum absolute atomic E-state index is 11.1. The molecule has 1 aromatic heterocycles. The number of hydrazine groups is 1. The lowest BCUT2D eigenvalue weighted by Gasteiger charge is -2.08. The van der Waals surface area contributed by atoms with Gasteiger partial charge in [0.15, 0.2) is 0 Å². The van der Waals surface area contributed by atoms with Crippen LogP contribution in [-0.2, 0) is 11.2 Å². The Kier molecular flexibility index (Phi) is 3.44. The highest BCUT2D eigenvalue weighted by atomic mass is 16.3. The second kappa shape index (κ2) is 4.59. The van der Waals surface area contributed by atoms with E-state index in [1.165, 1.54) is 0 Å². The molecular weight excluding hydrogens is 204 g/mol. The number of aromatic nitrogens is 2. The molecule has 1 amide bonds. The first-order chi connectivity index (χ1) is 6.99. The van der Waals surface area contributed by atoms with Gasteiger partial charge in [0.2, 0.25) is 11.8 Å². The van der Waals surface area contributed by atoms with E-state index >= 15 is 0 Å². The van der Waals surface area contributed by atoms with Gasteiger partial charge in [-0.1, -0.05) is 0 Å².